The van der Waals surface area contributed by atoms with Gasteiger partial charge in [0.05, 0.1) is 4.90 Å². The van der Waals surface area contributed by atoms with E-state index in [-0.39, 0.29) is 4.90 Å². The van der Waals surface area contributed by atoms with Gasteiger partial charge in [0, 0.05) is 23.4 Å². The first-order chi connectivity index (χ1) is 12.5. The van der Waals surface area contributed by atoms with Gasteiger partial charge in [-0.05, 0) is 35.4 Å². The normalized spacial score (nSPS) is 11.1. The lowest BCUT2D eigenvalue weighted by Crippen LogP contribution is -2.12. The zero-order chi connectivity index (χ0) is 18.4. The van der Waals surface area contributed by atoms with E-state index >= 15 is 0 Å². The molecule has 0 bridgehead atoms. The monoisotopic (exact) mass is 381 g/mol. The maximum atomic E-state index is 12.3. The van der Waals surface area contributed by atoms with Gasteiger partial charge in [-0.25, -0.2) is 8.42 Å². The number of benzene rings is 3. The molecule has 3 rings (SSSR count). The Bertz CT molecular complexity index is 968. The van der Waals surface area contributed by atoms with Crippen molar-refractivity contribution in [2.45, 2.75) is 17.7 Å². The van der Waals surface area contributed by atoms with Gasteiger partial charge in [-0.3, -0.25) is 4.72 Å². The zero-order valence-corrected chi connectivity index (χ0v) is 15.8. The standard InChI is InChI=1S/C21H19NO2S2/c23-26(24,21-9-5-2-6-10-21)22-19-13-11-18(12-14-19)16-20(25)15-17-7-3-1-4-8-17/h1-14,22H,15-16H2. The lowest BCUT2D eigenvalue weighted by Gasteiger charge is -2.09. The number of rotatable bonds is 7. The van der Waals surface area contributed by atoms with Crippen LogP contribution >= 0.6 is 12.2 Å². The number of anilines is 1. The van der Waals surface area contributed by atoms with Crippen molar-refractivity contribution >= 4 is 32.8 Å². The second-order valence-electron chi connectivity index (χ2n) is 5.99. The summed E-state index contributed by atoms with van der Waals surface area (Å²) in [6.45, 7) is 0. The van der Waals surface area contributed by atoms with Crippen LogP contribution in [0.15, 0.2) is 89.8 Å². The molecule has 0 aliphatic rings. The molecule has 0 unspecified atom stereocenters. The molecule has 0 atom stereocenters. The molecule has 132 valence electrons. The number of nitrogens with one attached hydrogen (secondary N) is 1. The van der Waals surface area contributed by atoms with Crippen molar-refractivity contribution in [3.8, 4) is 0 Å². The summed E-state index contributed by atoms with van der Waals surface area (Å²) in [6.07, 6.45) is 1.45. The molecule has 3 aromatic carbocycles. The molecule has 0 amide bonds. The van der Waals surface area contributed by atoms with Gasteiger partial charge in [0.15, 0.2) is 0 Å². The molecule has 0 radical (unpaired) electrons. The Balaban J connectivity index is 1.62. The third-order valence-electron chi connectivity index (χ3n) is 3.91. The number of hydrogen-bond acceptors (Lipinski definition) is 3. The van der Waals surface area contributed by atoms with Crippen LogP contribution in [0.3, 0.4) is 0 Å². The van der Waals surface area contributed by atoms with E-state index in [9.17, 15) is 8.42 Å². The molecule has 0 saturated heterocycles. The van der Waals surface area contributed by atoms with Gasteiger partial charge < -0.3 is 0 Å². The second kappa shape index (κ2) is 8.25. The van der Waals surface area contributed by atoms with Crippen molar-refractivity contribution in [1.29, 1.82) is 0 Å². The molecule has 0 saturated carbocycles. The predicted octanol–water partition coefficient (Wildman–Crippen LogP) is 4.64. The van der Waals surface area contributed by atoms with E-state index < -0.39 is 10.0 Å². The quantitative estimate of drug-likeness (QED) is 0.606. The summed E-state index contributed by atoms with van der Waals surface area (Å²) >= 11 is 5.49. The third-order valence-corrected chi connectivity index (χ3v) is 5.59. The average molecular weight is 382 g/mol. The van der Waals surface area contributed by atoms with Gasteiger partial charge in [-0.2, -0.15) is 0 Å². The van der Waals surface area contributed by atoms with E-state index in [0.29, 0.717) is 12.1 Å². The molecule has 1 N–H and O–H groups in total. The number of thiocarbonyl (C=S) groups is 1. The van der Waals surface area contributed by atoms with Gasteiger partial charge in [0.25, 0.3) is 10.0 Å². The second-order valence-corrected chi connectivity index (χ2v) is 8.25. The SMILES string of the molecule is O=S(=O)(Nc1ccc(CC(=S)Cc2ccccc2)cc1)c1ccccc1. The van der Waals surface area contributed by atoms with Crippen LogP contribution in [0.25, 0.3) is 0 Å². The maximum Gasteiger partial charge on any atom is 0.261 e. The molecule has 0 heterocycles. The van der Waals surface area contributed by atoms with Crippen LogP contribution in [0.4, 0.5) is 5.69 Å². The van der Waals surface area contributed by atoms with Gasteiger partial charge in [0.2, 0.25) is 0 Å². The highest BCUT2D eigenvalue weighted by Crippen LogP contribution is 2.17. The Kier molecular flexibility index (Phi) is 5.81. The first-order valence-electron chi connectivity index (χ1n) is 8.25. The fourth-order valence-electron chi connectivity index (χ4n) is 2.62. The van der Waals surface area contributed by atoms with Crippen LogP contribution < -0.4 is 4.72 Å². The van der Waals surface area contributed by atoms with E-state index in [0.717, 1.165) is 16.8 Å². The molecule has 5 heteroatoms. The molecule has 0 spiro atoms. The average Bonchev–Trinajstić information content (AvgIpc) is 2.65. The first kappa shape index (κ1) is 18.3. The van der Waals surface area contributed by atoms with Gasteiger partial charge in [-0.1, -0.05) is 72.9 Å². The van der Waals surface area contributed by atoms with E-state index in [1.165, 1.54) is 5.56 Å². The summed E-state index contributed by atoms with van der Waals surface area (Å²) in [7, 11) is -3.57. The van der Waals surface area contributed by atoms with Crippen LogP contribution in [0, 0.1) is 0 Å². The minimum absolute atomic E-state index is 0.244. The molecular formula is C21H19NO2S2. The minimum atomic E-state index is -3.57. The van der Waals surface area contributed by atoms with Crippen LogP contribution in [0.5, 0.6) is 0 Å². The summed E-state index contributed by atoms with van der Waals surface area (Å²) in [5.41, 5.74) is 2.80. The van der Waals surface area contributed by atoms with Crippen molar-refractivity contribution in [2.75, 3.05) is 4.72 Å². The number of sulfonamides is 1. The molecule has 0 aromatic heterocycles. The first-order valence-corrected chi connectivity index (χ1v) is 10.1. The molecule has 3 nitrogen and oxygen atoms in total. The van der Waals surface area contributed by atoms with Crippen molar-refractivity contribution in [2.24, 2.45) is 0 Å². The van der Waals surface area contributed by atoms with Gasteiger partial charge in [-0.15, -0.1) is 0 Å². The van der Waals surface area contributed by atoms with Crippen molar-refractivity contribution < 1.29 is 8.42 Å². The summed E-state index contributed by atoms with van der Waals surface area (Å²) in [5, 5.41) is 0. The minimum Gasteiger partial charge on any atom is -0.280 e. The number of hydrogen-bond donors (Lipinski definition) is 1. The van der Waals surface area contributed by atoms with Crippen LogP contribution in [0.2, 0.25) is 0 Å². The Morgan fingerprint density at radius 3 is 1.81 bits per heavy atom. The molecule has 3 aromatic rings. The third kappa shape index (κ3) is 5.00. The van der Waals surface area contributed by atoms with Crippen molar-refractivity contribution in [3.63, 3.8) is 0 Å². The zero-order valence-electron chi connectivity index (χ0n) is 14.1. The maximum absolute atomic E-state index is 12.3. The highest BCUT2D eigenvalue weighted by atomic mass is 32.2. The Morgan fingerprint density at radius 2 is 1.23 bits per heavy atom. The fourth-order valence-corrected chi connectivity index (χ4v) is 4.03. The van der Waals surface area contributed by atoms with Gasteiger partial charge in [0.1, 0.15) is 0 Å². The summed E-state index contributed by atoms with van der Waals surface area (Å²) in [5.74, 6) is 0. The Morgan fingerprint density at radius 1 is 0.731 bits per heavy atom. The summed E-state index contributed by atoms with van der Waals surface area (Å²) in [6, 6.07) is 25.8. The van der Waals surface area contributed by atoms with E-state index in [1.807, 2.05) is 30.3 Å². The lowest BCUT2D eigenvalue weighted by atomic mass is 10.0. The van der Waals surface area contributed by atoms with Crippen LogP contribution in [-0.4, -0.2) is 13.3 Å². The predicted molar refractivity (Wildman–Crippen MR) is 110 cm³/mol. The smallest absolute Gasteiger partial charge is 0.261 e. The Labute approximate surface area is 159 Å². The van der Waals surface area contributed by atoms with Gasteiger partial charge >= 0.3 is 0 Å². The van der Waals surface area contributed by atoms with Crippen molar-refractivity contribution in [3.05, 3.63) is 96.1 Å². The molecular weight excluding hydrogens is 362 g/mol. The lowest BCUT2D eigenvalue weighted by molar-refractivity contribution is 0.601. The van der Waals surface area contributed by atoms with Crippen LogP contribution in [0.1, 0.15) is 11.1 Å². The fraction of sp³-hybridized carbons (Fsp3) is 0.0952. The topological polar surface area (TPSA) is 46.2 Å². The van der Waals surface area contributed by atoms with E-state index in [2.05, 4.69) is 16.9 Å². The van der Waals surface area contributed by atoms with Crippen molar-refractivity contribution in [1.82, 2.24) is 0 Å². The highest BCUT2D eigenvalue weighted by molar-refractivity contribution is 7.92. The molecule has 0 aliphatic carbocycles. The Hall–Kier alpha value is -2.50. The highest BCUT2D eigenvalue weighted by Gasteiger charge is 2.13. The van der Waals surface area contributed by atoms with E-state index in [1.54, 1.807) is 42.5 Å². The summed E-state index contributed by atoms with van der Waals surface area (Å²) < 4.78 is 27.3. The molecule has 26 heavy (non-hydrogen) atoms. The molecule has 0 aliphatic heterocycles. The molecule has 0 fully saturated rings. The van der Waals surface area contributed by atoms with E-state index in [4.69, 9.17) is 12.2 Å². The largest absolute Gasteiger partial charge is 0.280 e. The van der Waals surface area contributed by atoms with Crippen LogP contribution in [-0.2, 0) is 22.9 Å². The summed E-state index contributed by atoms with van der Waals surface area (Å²) in [4.78, 5) is 1.20.